The van der Waals surface area contributed by atoms with Crippen LogP contribution < -0.4 is 4.31 Å². The van der Waals surface area contributed by atoms with Crippen LogP contribution in [0.4, 0.5) is 5.69 Å². The lowest BCUT2D eigenvalue weighted by Gasteiger charge is -2.16. The SMILES string of the molecule is CC#CN(c1cccc(-c2ccnc3c(C(=O)c4ccccc4)cnn23)c1)S(C)(=O)=O. The highest BCUT2D eigenvalue weighted by Crippen LogP contribution is 2.27. The van der Waals surface area contributed by atoms with Crippen LogP contribution in [0.25, 0.3) is 16.9 Å². The van der Waals surface area contributed by atoms with Gasteiger partial charge in [-0.25, -0.2) is 17.9 Å². The fourth-order valence-electron chi connectivity index (χ4n) is 3.25. The Morgan fingerprint density at radius 3 is 2.55 bits per heavy atom. The number of anilines is 1. The average molecular weight is 430 g/mol. The maximum absolute atomic E-state index is 12.9. The summed E-state index contributed by atoms with van der Waals surface area (Å²) in [5.41, 5.74) is 3.14. The molecule has 0 atom stereocenters. The molecule has 0 saturated carbocycles. The third kappa shape index (κ3) is 3.91. The van der Waals surface area contributed by atoms with E-state index < -0.39 is 10.0 Å². The Hall–Kier alpha value is -3.96. The largest absolute Gasteiger partial charge is 0.288 e. The van der Waals surface area contributed by atoms with Crippen molar-refractivity contribution >= 4 is 27.1 Å². The van der Waals surface area contributed by atoms with Crippen molar-refractivity contribution in [1.82, 2.24) is 14.6 Å². The molecule has 0 aliphatic rings. The maximum Gasteiger partial charge on any atom is 0.243 e. The van der Waals surface area contributed by atoms with E-state index in [1.807, 2.05) is 12.1 Å². The molecule has 0 radical (unpaired) electrons. The van der Waals surface area contributed by atoms with Crippen LogP contribution in [0.1, 0.15) is 22.8 Å². The monoisotopic (exact) mass is 430 g/mol. The van der Waals surface area contributed by atoms with Gasteiger partial charge in [-0.2, -0.15) is 9.40 Å². The van der Waals surface area contributed by atoms with Crippen molar-refractivity contribution in [3.63, 3.8) is 0 Å². The van der Waals surface area contributed by atoms with E-state index in [4.69, 9.17) is 0 Å². The lowest BCUT2D eigenvalue weighted by atomic mass is 10.1. The minimum atomic E-state index is -3.58. The van der Waals surface area contributed by atoms with E-state index in [0.29, 0.717) is 33.7 Å². The second-order valence-corrected chi connectivity index (χ2v) is 8.59. The number of ketones is 1. The molecule has 0 bridgehead atoms. The Morgan fingerprint density at radius 1 is 1.06 bits per heavy atom. The molecular formula is C23H18N4O3S. The van der Waals surface area contributed by atoms with Crippen molar-refractivity contribution in [3.8, 4) is 23.2 Å². The second-order valence-electron chi connectivity index (χ2n) is 6.76. The van der Waals surface area contributed by atoms with Gasteiger partial charge in [-0.05, 0) is 25.1 Å². The standard InChI is InChI=1S/C23H18N4O3S/c1-3-14-26(31(2,29)30)19-11-7-10-18(15-19)21-12-13-24-23-20(16-25-27(21)23)22(28)17-8-5-4-6-9-17/h4-13,15-16H,1-2H3. The first-order valence-corrected chi connectivity index (χ1v) is 11.2. The lowest BCUT2D eigenvalue weighted by Crippen LogP contribution is -2.24. The molecule has 0 aliphatic carbocycles. The molecule has 0 aliphatic heterocycles. The molecular weight excluding hydrogens is 412 g/mol. The molecule has 0 amide bonds. The predicted octanol–water partition coefficient (Wildman–Crippen LogP) is 3.37. The summed E-state index contributed by atoms with van der Waals surface area (Å²) < 4.78 is 26.9. The van der Waals surface area contributed by atoms with Crippen molar-refractivity contribution < 1.29 is 13.2 Å². The fraction of sp³-hybridized carbons (Fsp3) is 0.0870. The molecule has 31 heavy (non-hydrogen) atoms. The topological polar surface area (TPSA) is 84.6 Å². The maximum atomic E-state index is 12.9. The molecule has 2 aromatic carbocycles. The van der Waals surface area contributed by atoms with Crippen LogP contribution in [0, 0.1) is 12.0 Å². The second kappa shape index (κ2) is 8.05. The summed E-state index contributed by atoms with van der Waals surface area (Å²) in [7, 11) is -3.58. The lowest BCUT2D eigenvalue weighted by molar-refractivity contribution is 0.104. The number of hydrogen-bond acceptors (Lipinski definition) is 5. The zero-order valence-electron chi connectivity index (χ0n) is 16.9. The Morgan fingerprint density at radius 2 is 1.84 bits per heavy atom. The first-order valence-electron chi connectivity index (χ1n) is 9.36. The van der Waals surface area contributed by atoms with Gasteiger partial charge in [0.2, 0.25) is 10.0 Å². The van der Waals surface area contributed by atoms with Crippen LogP contribution in [0.2, 0.25) is 0 Å². The normalized spacial score (nSPS) is 11.0. The Labute approximate surface area is 180 Å². The van der Waals surface area contributed by atoms with E-state index in [2.05, 4.69) is 22.0 Å². The number of rotatable bonds is 5. The first kappa shape index (κ1) is 20.3. The number of sulfonamides is 1. The smallest absolute Gasteiger partial charge is 0.243 e. The number of aromatic nitrogens is 3. The first-order chi connectivity index (χ1) is 14.9. The van der Waals surface area contributed by atoms with Crippen molar-refractivity contribution in [2.45, 2.75) is 6.92 Å². The summed E-state index contributed by atoms with van der Waals surface area (Å²) in [4.78, 5) is 17.3. The highest BCUT2D eigenvalue weighted by molar-refractivity contribution is 7.92. The van der Waals surface area contributed by atoms with Gasteiger partial charge in [0.05, 0.1) is 29.4 Å². The third-order valence-corrected chi connectivity index (χ3v) is 5.57. The number of carbonyl (C=O) groups is 1. The summed E-state index contributed by atoms with van der Waals surface area (Å²) in [6.45, 7) is 1.57. The van der Waals surface area contributed by atoms with Gasteiger partial charge in [-0.1, -0.05) is 48.4 Å². The van der Waals surface area contributed by atoms with Crippen LogP contribution >= 0.6 is 0 Å². The molecule has 0 saturated heterocycles. The highest BCUT2D eigenvalue weighted by atomic mass is 32.2. The summed E-state index contributed by atoms with van der Waals surface area (Å²) in [6, 6.07) is 20.3. The quantitative estimate of drug-likeness (QED) is 0.275. The van der Waals surface area contributed by atoms with E-state index in [1.54, 1.807) is 66.2 Å². The van der Waals surface area contributed by atoms with Crippen LogP contribution in [0.15, 0.2) is 73.1 Å². The Kier molecular flexibility index (Phi) is 5.28. The minimum absolute atomic E-state index is 0.171. The molecule has 0 fully saturated rings. The summed E-state index contributed by atoms with van der Waals surface area (Å²) in [5.74, 6) is 2.45. The molecule has 8 heteroatoms. The van der Waals surface area contributed by atoms with Crippen LogP contribution in [0.3, 0.4) is 0 Å². The number of nitrogens with zero attached hydrogens (tertiary/aromatic N) is 4. The van der Waals surface area contributed by atoms with Crippen LogP contribution in [-0.4, -0.2) is 35.1 Å². The molecule has 4 rings (SSSR count). The molecule has 154 valence electrons. The number of carbonyl (C=O) groups excluding carboxylic acids is 1. The summed E-state index contributed by atoms with van der Waals surface area (Å²) in [5, 5.41) is 4.37. The van der Waals surface area contributed by atoms with Gasteiger partial charge in [0.1, 0.15) is 0 Å². The van der Waals surface area contributed by atoms with E-state index in [1.165, 1.54) is 6.20 Å². The zero-order valence-corrected chi connectivity index (χ0v) is 17.7. The zero-order chi connectivity index (χ0) is 22.0. The number of benzene rings is 2. The fourth-order valence-corrected chi connectivity index (χ4v) is 4.00. The van der Waals surface area contributed by atoms with Gasteiger partial charge in [0, 0.05) is 23.4 Å². The van der Waals surface area contributed by atoms with Crippen LogP contribution in [0.5, 0.6) is 0 Å². The van der Waals surface area contributed by atoms with Gasteiger partial charge in [0.15, 0.2) is 11.4 Å². The predicted molar refractivity (Wildman–Crippen MR) is 119 cm³/mol. The molecule has 4 aromatic rings. The average Bonchev–Trinajstić information content (AvgIpc) is 3.21. The summed E-state index contributed by atoms with van der Waals surface area (Å²) in [6.07, 6.45) is 4.20. The van der Waals surface area contributed by atoms with E-state index in [-0.39, 0.29) is 5.78 Å². The number of fused-ring (bicyclic) bond motifs is 1. The van der Waals surface area contributed by atoms with Gasteiger partial charge >= 0.3 is 0 Å². The van der Waals surface area contributed by atoms with Crippen molar-refractivity contribution in [3.05, 3.63) is 84.2 Å². The molecule has 2 heterocycles. The van der Waals surface area contributed by atoms with E-state index >= 15 is 0 Å². The minimum Gasteiger partial charge on any atom is -0.288 e. The Bertz CT molecular complexity index is 1450. The van der Waals surface area contributed by atoms with Gasteiger partial charge in [0.25, 0.3) is 0 Å². The van der Waals surface area contributed by atoms with Crippen molar-refractivity contribution in [1.29, 1.82) is 0 Å². The van der Waals surface area contributed by atoms with Gasteiger partial charge in [-0.15, -0.1) is 0 Å². The van der Waals surface area contributed by atoms with Gasteiger partial charge < -0.3 is 0 Å². The summed E-state index contributed by atoms with van der Waals surface area (Å²) >= 11 is 0. The highest BCUT2D eigenvalue weighted by Gasteiger charge is 2.19. The molecule has 0 unspecified atom stereocenters. The molecule has 7 nitrogen and oxygen atoms in total. The van der Waals surface area contributed by atoms with E-state index in [0.717, 1.165) is 10.6 Å². The molecule has 0 N–H and O–H groups in total. The Balaban J connectivity index is 1.82. The number of hydrogen-bond donors (Lipinski definition) is 0. The van der Waals surface area contributed by atoms with Crippen molar-refractivity contribution in [2.24, 2.45) is 0 Å². The van der Waals surface area contributed by atoms with Crippen molar-refractivity contribution in [2.75, 3.05) is 10.6 Å². The van der Waals surface area contributed by atoms with E-state index in [9.17, 15) is 13.2 Å². The third-order valence-electron chi connectivity index (χ3n) is 4.60. The van der Waals surface area contributed by atoms with Crippen LogP contribution in [-0.2, 0) is 10.0 Å². The molecule has 0 spiro atoms. The molecule has 2 aromatic heterocycles. The van der Waals surface area contributed by atoms with Gasteiger partial charge in [-0.3, -0.25) is 4.79 Å².